The SMILES string of the molecule is CC(C)OC(=O)Nc1ccc(F)c(C#CCN)c1. The average molecular weight is 250 g/mol. The molecule has 0 aromatic heterocycles. The third-order valence-corrected chi connectivity index (χ3v) is 1.88. The first kappa shape index (κ1) is 14.0. The second-order valence-corrected chi connectivity index (χ2v) is 3.78. The lowest BCUT2D eigenvalue weighted by atomic mass is 10.2. The summed E-state index contributed by atoms with van der Waals surface area (Å²) in [5.41, 5.74) is 5.82. The summed E-state index contributed by atoms with van der Waals surface area (Å²) in [4.78, 5) is 11.4. The van der Waals surface area contributed by atoms with Gasteiger partial charge in [-0.05, 0) is 32.0 Å². The van der Waals surface area contributed by atoms with Gasteiger partial charge in [0.2, 0.25) is 0 Å². The van der Waals surface area contributed by atoms with Crippen molar-refractivity contribution in [3.63, 3.8) is 0 Å². The number of rotatable bonds is 2. The van der Waals surface area contributed by atoms with E-state index in [-0.39, 0.29) is 18.2 Å². The van der Waals surface area contributed by atoms with Gasteiger partial charge in [0.1, 0.15) is 5.82 Å². The number of hydrogen-bond donors (Lipinski definition) is 2. The van der Waals surface area contributed by atoms with Gasteiger partial charge < -0.3 is 10.5 Å². The van der Waals surface area contributed by atoms with E-state index in [1.807, 2.05) is 0 Å². The molecule has 5 heteroatoms. The van der Waals surface area contributed by atoms with Crippen molar-refractivity contribution in [1.29, 1.82) is 0 Å². The van der Waals surface area contributed by atoms with Crippen molar-refractivity contribution in [3.05, 3.63) is 29.6 Å². The fourth-order valence-corrected chi connectivity index (χ4v) is 1.21. The van der Waals surface area contributed by atoms with Gasteiger partial charge in [-0.25, -0.2) is 9.18 Å². The molecule has 0 aliphatic rings. The summed E-state index contributed by atoms with van der Waals surface area (Å²) < 4.78 is 18.3. The number of amides is 1. The van der Waals surface area contributed by atoms with E-state index >= 15 is 0 Å². The highest BCUT2D eigenvalue weighted by molar-refractivity contribution is 5.84. The standard InChI is InChI=1S/C13H15FN2O2/c1-9(2)18-13(17)16-11-5-6-12(14)10(8-11)4-3-7-15/h5-6,8-9H,7,15H2,1-2H3,(H,16,17). The van der Waals surface area contributed by atoms with Crippen molar-refractivity contribution in [1.82, 2.24) is 0 Å². The van der Waals surface area contributed by atoms with Crippen LogP contribution < -0.4 is 11.1 Å². The van der Waals surface area contributed by atoms with E-state index in [1.165, 1.54) is 18.2 Å². The van der Waals surface area contributed by atoms with Gasteiger partial charge >= 0.3 is 6.09 Å². The van der Waals surface area contributed by atoms with Crippen molar-refractivity contribution in [3.8, 4) is 11.8 Å². The fraction of sp³-hybridized carbons (Fsp3) is 0.308. The second-order valence-electron chi connectivity index (χ2n) is 3.78. The van der Waals surface area contributed by atoms with E-state index in [2.05, 4.69) is 17.2 Å². The first-order chi connectivity index (χ1) is 8.52. The highest BCUT2D eigenvalue weighted by Gasteiger charge is 2.07. The highest BCUT2D eigenvalue weighted by Crippen LogP contribution is 2.14. The van der Waals surface area contributed by atoms with E-state index in [9.17, 15) is 9.18 Å². The van der Waals surface area contributed by atoms with Gasteiger partial charge in [-0.2, -0.15) is 0 Å². The number of benzene rings is 1. The molecule has 0 unspecified atom stereocenters. The van der Waals surface area contributed by atoms with E-state index in [1.54, 1.807) is 13.8 Å². The third kappa shape index (κ3) is 4.44. The first-order valence-corrected chi connectivity index (χ1v) is 5.49. The van der Waals surface area contributed by atoms with Crippen molar-refractivity contribution in [2.24, 2.45) is 5.73 Å². The van der Waals surface area contributed by atoms with Crippen LogP contribution >= 0.6 is 0 Å². The van der Waals surface area contributed by atoms with E-state index < -0.39 is 11.9 Å². The Balaban J connectivity index is 2.82. The zero-order chi connectivity index (χ0) is 13.5. The van der Waals surface area contributed by atoms with Crippen molar-refractivity contribution < 1.29 is 13.9 Å². The number of carbonyl (C=O) groups excluding carboxylic acids is 1. The van der Waals surface area contributed by atoms with Gasteiger partial charge in [0.25, 0.3) is 0 Å². The quantitative estimate of drug-likeness (QED) is 0.790. The Bertz CT molecular complexity index is 489. The van der Waals surface area contributed by atoms with Gasteiger partial charge in [-0.15, -0.1) is 0 Å². The van der Waals surface area contributed by atoms with Crippen LogP contribution in [0.3, 0.4) is 0 Å². The summed E-state index contributed by atoms with van der Waals surface area (Å²) in [6.07, 6.45) is -0.809. The van der Waals surface area contributed by atoms with Crippen LogP contribution in [0.25, 0.3) is 0 Å². The maximum absolute atomic E-state index is 13.4. The van der Waals surface area contributed by atoms with Crippen LogP contribution in [-0.2, 0) is 4.74 Å². The van der Waals surface area contributed by atoms with Crippen LogP contribution in [0.1, 0.15) is 19.4 Å². The Morgan fingerprint density at radius 1 is 1.56 bits per heavy atom. The Morgan fingerprint density at radius 3 is 2.89 bits per heavy atom. The number of nitrogens with two attached hydrogens (primary N) is 1. The van der Waals surface area contributed by atoms with E-state index in [0.29, 0.717) is 5.69 Å². The lowest BCUT2D eigenvalue weighted by molar-refractivity contribution is 0.130. The number of carbonyl (C=O) groups is 1. The largest absolute Gasteiger partial charge is 0.447 e. The van der Waals surface area contributed by atoms with Crippen LogP contribution in [-0.4, -0.2) is 18.7 Å². The molecule has 0 heterocycles. The second kappa shape index (κ2) is 6.62. The molecule has 0 saturated heterocycles. The van der Waals surface area contributed by atoms with Gasteiger partial charge in [0.05, 0.1) is 18.2 Å². The minimum atomic E-state index is -0.589. The monoisotopic (exact) mass is 250 g/mol. The van der Waals surface area contributed by atoms with Gasteiger partial charge in [0, 0.05) is 5.69 Å². The molecule has 1 rings (SSSR count). The fourth-order valence-electron chi connectivity index (χ4n) is 1.21. The molecule has 18 heavy (non-hydrogen) atoms. The molecule has 0 aliphatic carbocycles. The summed E-state index contributed by atoms with van der Waals surface area (Å²) >= 11 is 0. The van der Waals surface area contributed by atoms with Crippen LogP contribution in [0.4, 0.5) is 14.9 Å². The van der Waals surface area contributed by atoms with Crippen LogP contribution in [0.5, 0.6) is 0 Å². The molecule has 0 spiro atoms. The Hall–Kier alpha value is -2.06. The zero-order valence-corrected chi connectivity index (χ0v) is 10.3. The molecular weight excluding hydrogens is 235 g/mol. The van der Waals surface area contributed by atoms with E-state index in [0.717, 1.165) is 0 Å². The molecule has 1 aromatic carbocycles. The normalized spacial score (nSPS) is 9.61. The predicted octanol–water partition coefficient (Wildman–Crippen LogP) is 2.09. The minimum absolute atomic E-state index is 0.145. The summed E-state index contributed by atoms with van der Waals surface area (Å²) in [5, 5.41) is 2.49. The van der Waals surface area contributed by atoms with Gasteiger partial charge in [-0.1, -0.05) is 11.8 Å². The molecular formula is C13H15FN2O2. The van der Waals surface area contributed by atoms with Crippen molar-refractivity contribution in [2.75, 3.05) is 11.9 Å². The molecule has 4 nitrogen and oxygen atoms in total. The molecule has 0 saturated carbocycles. The van der Waals surface area contributed by atoms with Crippen LogP contribution in [0.2, 0.25) is 0 Å². The maximum Gasteiger partial charge on any atom is 0.411 e. The summed E-state index contributed by atoms with van der Waals surface area (Å²) in [5.74, 6) is 4.68. The number of hydrogen-bond acceptors (Lipinski definition) is 3. The molecule has 0 radical (unpaired) electrons. The third-order valence-electron chi connectivity index (χ3n) is 1.88. The predicted molar refractivity (Wildman–Crippen MR) is 67.6 cm³/mol. The summed E-state index contributed by atoms with van der Waals surface area (Å²) in [7, 11) is 0. The Kier molecular flexibility index (Phi) is 5.15. The zero-order valence-electron chi connectivity index (χ0n) is 10.3. The minimum Gasteiger partial charge on any atom is -0.447 e. The number of halogens is 1. The lowest BCUT2D eigenvalue weighted by Crippen LogP contribution is -2.18. The maximum atomic E-state index is 13.4. The average Bonchev–Trinajstić information content (AvgIpc) is 2.28. The highest BCUT2D eigenvalue weighted by atomic mass is 19.1. The molecule has 0 bridgehead atoms. The van der Waals surface area contributed by atoms with E-state index in [4.69, 9.17) is 10.5 Å². The number of nitrogens with one attached hydrogen (secondary N) is 1. The molecule has 96 valence electrons. The van der Waals surface area contributed by atoms with Crippen LogP contribution in [0, 0.1) is 17.7 Å². The Labute approximate surface area is 105 Å². The Morgan fingerprint density at radius 2 is 2.28 bits per heavy atom. The molecule has 1 aromatic rings. The summed E-state index contributed by atoms with van der Waals surface area (Å²) in [6.45, 7) is 3.62. The van der Waals surface area contributed by atoms with Gasteiger partial charge in [-0.3, -0.25) is 5.32 Å². The number of ether oxygens (including phenoxy) is 1. The molecule has 0 aliphatic heterocycles. The first-order valence-electron chi connectivity index (χ1n) is 5.49. The van der Waals surface area contributed by atoms with Crippen molar-refractivity contribution in [2.45, 2.75) is 20.0 Å². The topological polar surface area (TPSA) is 64.3 Å². The van der Waals surface area contributed by atoms with Gasteiger partial charge in [0.15, 0.2) is 0 Å². The van der Waals surface area contributed by atoms with Crippen LogP contribution in [0.15, 0.2) is 18.2 Å². The summed E-state index contributed by atoms with van der Waals surface area (Å²) in [6, 6.07) is 4.09. The molecule has 0 fully saturated rings. The smallest absolute Gasteiger partial charge is 0.411 e. The number of anilines is 1. The molecule has 1 amide bonds. The molecule has 3 N–H and O–H groups in total. The molecule has 0 atom stereocenters. The van der Waals surface area contributed by atoms with Crippen molar-refractivity contribution >= 4 is 11.8 Å². The lowest BCUT2D eigenvalue weighted by Gasteiger charge is -2.09.